The highest BCUT2D eigenvalue weighted by atomic mass is 16.5. The summed E-state index contributed by atoms with van der Waals surface area (Å²) in [5.41, 5.74) is 4.75. The molecular formula is C22H25N3O2. The van der Waals surface area contributed by atoms with E-state index >= 15 is 0 Å². The van der Waals surface area contributed by atoms with Crippen molar-refractivity contribution in [3.63, 3.8) is 0 Å². The number of aromatic nitrogens is 2. The molecule has 1 N–H and O–H groups in total. The summed E-state index contributed by atoms with van der Waals surface area (Å²) < 4.78 is 7.48. The third-order valence-electron chi connectivity index (χ3n) is 4.48. The number of anilines is 1. The van der Waals surface area contributed by atoms with Gasteiger partial charge >= 0.3 is 0 Å². The molecule has 5 nitrogen and oxygen atoms in total. The summed E-state index contributed by atoms with van der Waals surface area (Å²) in [4.78, 5) is 12.2. The van der Waals surface area contributed by atoms with E-state index < -0.39 is 0 Å². The summed E-state index contributed by atoms with van der Waals surface area (Å²) in [6, 6.07) is 16.0. The van der Waals surface area contributed by atoms with Gasteiger partial charge in [0.15, 0.2) is 0 Å². The summed E-state index contributed by atoms with van der Waals surface area (Å²) in [5.74, 6) is 1.38. The number of ether oxygens (including phenoxy) is 1. The van der Waals surface area contributed by atoms with Crippen molar-refractivity contribution in [2.45, 2.75) is 33.7 Å². The number of carbonyl (C=O) groups is 1. The Labute approximate surface area is 160 Å². The van der Waals surface area contributed by atoms with Gasteiger partial charge in [0.2, 0.25) is 5.91 Å². The van der Waals surface area contributed by atoms with Crippen molar-refractivity contribution < 1.29 is 9.53 Å². The standard InChI is InChI=1S/C22H25N3O2/c1-16-5-4-6-19(13-16)15-25-21(9-11-23-25)24-22(26)10-12-27-20-8-7-17(2)18(3)14-20/h4-9,11,13-14H,10,12,15H2,1-3H3,(H,24,26). The first kappa shape index (κ1) is 18.7. The Bertz CT molecular complexity index is 931. The zero-order chi connectivity index (χ0) is 19.2. The minimum atomic E-state index is -0.0928. The summed E-state index contributed by atoms with van der Waals surface area (Å²) in [5, 5.41) is 7.22. The predicted octanol–water partition coefficient (Wildman–Crippen LogP) is 4.26. The quantitative estimate of drug-likeness (QED) is 0.682. The van der Waals surface area contributed by atoms with Crippen LogP contribution in [0.5, 0.6) is 5.75 Å². The van der Waals surface area contributed by atoms with E-state index in [0.717, 1.165) is 11.3 Å². The van der Waals surface area contributed by atoms with Crippen LogP contribution in [0.2, 0.25) is 0 Å². The third-order valence-corrected chi connectivity index (χ3v) is 4.48. The van der Waals surface area contributed by atoms with Crippen LogP contribution in [0.1, 0.15) is 28.7 Å². The lowest BCUT2D eigenvalue weighted by Gasteiger charge is -2.11. The minimum Gasteiger partial charge on any atom is -0.493 e. The first-order valence-electron chi connectivity index (χ1n) is 9.08. The first-order valence-corrected chi connectivity index (χ1v) is 9.08. The monoisotopic (exact) mass is 363 g/mol. The predicted molar refractivity (Wildman–Crippen MR) is 107 cm³/mol. The number of rotatable bonds is 7. The fourth-order valence-electron chi connectivity index (χ4n) is 2.82. The molecule has 0 aliphatic carbocycles. The molecule has 1 amide bonds. The van der Waals surface area contributed by atoms with Crippen LogP contribution in [0.25, 0.3) is 0 Å². The number of nitrogens with zero attached hydrogens (tertiary/aromatic N) is 2. The summed E-state index contributed by atoms with van der Waals surface area (Å²) in [6.45, 7) is 7.12. The van der Waals surface area contributed by atoms with Crippen LogP contribution >= 0.6 is 0 Å². The van der Waals surface area contributed by atoms with E-state index in [1.165, 1.54) is 16.7 Å². The number of hydrogen-bond acceptors (Lipinski definition) is 3. The normalized spacial score (nSPS) is 10.6. The highest BCUT2D eigenvalue weighted by Crippen LogP contribution is 2.17. The number of nitrogens with one attached hydrogen (secondary N) is 1. The molecule has 0 aliphatic heterocycles. The maximum absolute atomic E-state index is 12.2. The topological polar surface area (TPSA) is 56.2 Å². The van der Waals surface area contributed by atoms with E-state index in [4.69, 9.17) is 4.74 Å². The molecule has 5 heteroatoms. The van der Waals surface area contributed by atoms with Crippen molar-refractivity contribution in [2.75, 3.05) is 11.9 Å². The molecule has 140 valence electrons. The smallest absolute Gasteiger partial charge is 0.228 e. The van der Waals surface area contributed by atoms with Crippen molar-refractivity contribution >= 4 is 11.7 Å². The van der Waals surface area contributed by atoms with Gasteiger partial charge in [-0.05, 0) is 49.6 Å². The van der Waals surface area contributed by atoms with Crippen molar-refractivity contribution in [1.82, 2.24) is 9.78 Å². The van der Waals surface area contributed by atoms with Gasteiger partial charge in [0, 0.05) is 6.07 Å². The lowest BCUT2D eigenvalue weighted by atomic mass is 10.1. The van der Waals surface area contributed by atoms with Gasteiger partial charge in [0.05, 0.1) is 25.8 Å². The van der Waals surface area contributed by atoms with E-state index in [9.17, 15) is 4.79 Å². The van der Waals surface area contributed by atoms with Crippen molar-refractivity contribution in [2.24, 2.45) is 0 Å². The van der Waals surface area contributed by atoms with Gasteiger partial charge < -0.3 is 10.1 Å². The second-order valence-corrected chi connectivity index (χ2v) is 6.76. The summed E-state index contributed by atoms with van der Waals surface area (Å²) in [6.07, 6.45) is 1.97. The Hall–Kier alpha value is -3.08. The number of carbonyl (C=O) groups excluding carboxylic acids is 1. The van der Waals surface area contributed by atoms with Gasteiger partial charge in [-0.15, -0.1) is 0 Å². The summed E-state index contributed by atoms with van der Waals surface area (Å²) in [7, 11) is 0. The molecule has 0 bridgehead atoms. The van der Waals surface area contributed by atoms with Crippen molar-refractivity contribution in [1.29, 1.82) is 0 Å². The second kappa shape index (κ2) is 8.54. The molecule has 27 heavy (non-hydrogen) atoms. The number of aryl methyl sites for hydroxylation is 3. The Kier molecular flexibility index (Phi) is 5.91. The average molecular weight is 363 g/mol. The Morgan fingerprint density at radius 1 is 1.07 bits per heavy atom. The van der Waals surface area contributed by atoms with Crippen LogP contribution in [0.15, 0.2) is 54.7 Å². The third kappa shape index (κ3) is 5.20. The first-order chi connectivity index (χ1) is 13.0. The van der Waals surface area contributed by atoms with Crippen LogP contribution in [0, 0.1) is 20.8 Å². The Morgan fingerprint density at radius 2 is 1.93 bits per heavy atom. The van der Waals surface area contributed by atoms with Gasteiger partial charge in [-0.3, -0.25) is 4.79 Å². The van der Waals surface area contributed by atoms with Gasteiger partial charge in [0.1, 0.15) is 11.6 Å². The average Bonchev–Trinajstić information content (AvgIpc) is 3.05. The number of hydrogen-bond donors (Lipinski definition) is 1. The van der Waals surface area contributed by atoms with Gasteiger partial charge in [0.25, 0.3) is 0 Å². The Morgan fingerprint density at radius 3 is 2.70 bits per heavy atom. The second-order valence-electron chi connectivity index (χ2n) is 6.76. The van der Waals surface area contributed by atoms with Crippen molar-refractivity contribution in [3.8, 4) is 5.75 Å². The highest BCUT2D eigenvalue weighted by Gasteiger charge is 2.08. The lowest BCUT2D eigenvalue weighted by Crippen LogP contribution is -2.18. The van der Waals surface area contributed by atoms with E-state index in [0.29, 0.717) is 19.0 Å². The maximum atomic E-state index is 12.2. The molecule has 1 heterocycles. The fourth-order valence-corrected chi connectivity index (χ4v) is 2.82. The molecule has 2 aromatic carbocycles. The molecule has 0 radical (unpaired) electrons. The lowest BCUT2D eigenvalue weighted by molar-refractivity contribution is -0.116. The van der Waals surface area contributed by atoms with E-state index in [2.05, 4.69) is 42.5 Å². The molecule has 3 rings (SSSR count). The number of benzene rings is 2. The van der Waals surface area contributed by atoms with Gasteiger partial charge in [-0.2, -0.15) is 5.10 Å². The van der Waals surface area contributed by atoms with Crippen LogP contribution < -0.4 is 10.1 Å². The molecule has 0 saturated carbocycles. The van der Waals surface area contributed by atoms with Crippen molar-refractivity contribution in [3.05, 3.63) is 77.0 Å². The number of amides is 1. The fraction of sp³-hybridized carbons (Fsp3) is 0.273. The van der Waals surface area contributed by atoms with Gasteiger partial charge in [-0.25, -0.2) is 4.68 Å². The molecule has 0 spiro atoms. The molecule has 0 unspecified atom stereocenters. The van der Waals surface area contributed by atoms with Crippen LogP contribution in [0.4, 0.5) is 5.82 Å². The highest BCUT2D eigenvalue weighted by molar-refractivity contribution is 5.89. The maximum Gasteiger partial charge on any atom is 0.228 e. The molecule has 3 aromatic rings. The van der Waals surface area contributed by atoms with E-state index in [1.807, 2.05) is 31.2 Å². The SMILES string of the molecule is Cc1cccc(Cn2nccc2NC(=O)CCOc2ccc(C)c(C)c2)c1. The van der Waals surface area contributed by atoms with E-state index in [1.54, 1.807) is 16.9 Å². The Balaban J connectivity index is 1.52. The van der Waals surface area contributed by atoms with Crippen LogP contribution in [-0.2, 0) is 11.3 Å². The molecule has 0 atom stereocenters. The van der Waals surface area contributed by atoms with E-state index in [-0.39, 0.29) is 12.3 Å². The van der Waals surface area contributed by atoms with Gasteiger partial charge in [-0.1, -0.05) is 35.9 Å². The molecule has 0 aliphatic rings. The van der Waals surface area contributed by atoms with Crippen LogP contribution in [0.3, 0.4) is 0 Å². The molecule has 0 saturated heterocycles. The largest absolute Gasteiger partial charge is 0.493 e. The zero-order valence-corrected chi connectivity index (χ0v) is 16.0. The summed E-state index contributed by atoms with van der Waals surface area (Å²) >= 11 is 0. The zero-order valence-electron chi connectivity index (χ0n) is 16.0. The minimum absolute atomic E-state index is 0.0928. The molecule has 0 fully saturated rings. The molecular weight excluding hydrogens is 338 g/mol. The van der Waals surface area contributed by atoms with Crippen LogP contribution in [-0.4, -0.2) is 22.3 Å². The molecule has 1 aromatic heterocycles.